The molecule has 1 N–H and O–H groups in total. The van der Waals surface area contributed by atoms with Gasteiger partial charge in [-0.1, -0.05) is 35.0 Å². The second-order valence-electron chi connectivity index (χ2n) is 4.17. The summed E-state index contributed by atoms with van der Waals surface area (Å²) in [5, 5.41) is 3.40. The zero-order valence-electron chi connectivity index (χ0n) is 8.87. The molecule has 82 valence electrons. The first-order valence-electron chi connectivity index (χ1n) is 5.33. The summed E-state index contributed by atoms with van der Waals surface area (Å²) in [5.74, 6) is 0.628. The first-order chi connectivity index (χ1) is 7.24. The quantitative estimate of drug-likeness (QED) is 0.891. The number of nitrogens with one attached hydrogen (secondary N) is 1. The van der Waals surface area contributed by atoms with E-state index in [-0.39, 0.29) is 6.23 Å². The normalized spacial score (nSPS) is 26.5. The van der Waals surface area contributed by atoms with Crippen LogP contribution >= 0.6 is 15.9 Å². The standard InChI is InChI=1S/C12H16BrNO/c1-9-7-14-12(15-8-9)6-10-3-2-4-11(13)5-10/h2-5,9,12,14H,6-8H2,1H3. The Balaban J connectivity index is 1.92. The molecule has 0 radical (unpaired) electrons. The molecule has 1 heterocycles. The van der Waals surface area contributed by atoms with Crippen molar-refractivity contribution >= 4 is 15.9 Å². The monoisotopic (exact) mass is 269 g/mol. The molecule has 3 heteroatoms. The Morgan fingerprint density at radius 2 is 2.40 bits per heavy atom. The number of hydrogen-bond donors (Lipinski definition) is 1. The Hall–Kier alpha value is -0.380. The van der Waals surface area contributed by atoms with Crippen LogP contribution in [0.25, 0.3) is 0 Å². The van der Waals surface area contributed by atoms with Gasteiger partial charge in [0.15, 0.2) is 0 Å². The molecule has 0 aromatic heterocycles. The van der Waals surface area contributed by atoms with Gasteiger partial charge >= 0.3 is 0 Å². The van der Waals surface area contributed by atoms with Crippen molar-refractivity contribution in [1.82, 2.24) is 5.32 Å². The Morgan fingerprint density at radius 3 is 3.07 bits per heavy atom. The molecule has 1 aromatic carbocycles. The van der Waals surface area contributed by atoms with E-state index < -0.39 is 0 Å². The van der Waals surface area contributed by atoms with Crippen LogP contribution in [-0.2, 0) is 11.2 Å². The zero-order valence-corrected chi connectivity index (χ0v) is 10.5. The van der Waals surface area contributed by atoms with Gasteiger partial charge in [0.25, 0.3) is 0 Å². The minimum atomic E-state index is 0.176. The molecule has 0 aliphatic carbocycles. The summed E-state index contributed by atoms with van der Waals surface area (Å²) in [6.45, 7) is 4.12. The van der Waals surface area contributed by atoms with Gasteiger partial charge in [-0.3, -0.25) is 5.32 Å². The summed E-state index contributed by atoms with van der Waals surface area (Å²) in [7, 11) is 0. The lowest BCUT2D eigenvalue weighted by atomic mass is 10.1. The van der Waals surface area contributed by atoms with Crippen molar-refractivity contribution in [3.63, 3.8) is 0 Å². The van der Waals surface area contributed by atoms with Crippen molar-refractivity contribution in [3.8, 4) is 0 Å². The van der Waals surface area contributed by atoms with E-state index in [1.54, 1.807) is 0 Å². The van der Waals surface area contributed by atoms with Crippen LogP contribution < -0.4 is 5.32 Å². The van der Waals surface area contributed by atoms with Crippen LogP contribution in [-0.4, -0.2) is 19.4 Å². The van der Waals surface area contributed by atoms with E-state index in [1.165, 1.54) is 5.56 Å². The molecule has 1 aliphatic rings. The molecule has 2 rings (SSSR count). The second-order valence-corrected chi connectivity index (χ2v) is 5.09. The van der Waals surface area contributed by atoms with E-state index in [1.807, 2.05) is 6.07 Å². The number of ether oxygens (including phenoxy) is 1. The van der Waals surface area contributed by atoms with Gasteiger partial charge in [-0.2, -0.15) is 0 Å². The molecule has 1 saturated heterocycles. The van der Waals surface area contributed by atoms with E-state index in [2.05, 4.69) is 46.4 Å². The van der Waals surface area contributed by atoms with Crippen LogP contribution in [0.1, 0.15) is 12.5 Å². The zero-order chi connectivity index (χ0) is 10.7. The SMILES string of the molecule is CC1CNC(Cc2cccc(Br)c2)OC1. The molecule has 2 unspecified atom stereocenters. The summed E-state index contributed by atoms with van der Waals surface area (Å²) in [4.78, 5) is 0. The minimum absolute atomic E-state index is 0.176. The highest BCUT2D eigenvalue weighted by atomic mass is 79.9. The van der Waals surface area contributed by atoms with Crippen LogP contribution in [0.3, 0.4) is 0 Å². The van der Waals surface area contributed by atoms with E-state index in [4.69, 9.17) is 4.74 Å². The number of halogens is 1. The lowest BCUT2D eigenvalue weighted by molar-refractivity contribution is -0.0228. The summed E-state index contributed by atoms with van der Waals surface area (Å²) in [5.41, 5.74) is 1.30. The molecule has 0 saturated carbocycles. The van der Waals surface area contributed by atoms with Gasteiger partial charge in [-0.05, 0) is 23.6 Å². The van der Waals surface area contributed by atoms with Crippen LogP contribution in [0, 0.1) is 5.92 Å². The average molecular weight is 270 g/mol. The van der Waals surface area contributed by atoms with Gasteiger partial charge in [0.2, 0.25) is 0 Å². The van der Waals surface area contributed by atoms with E-state index in [0.29, 0.717) is 5.92 Å². The van der Waals surface area contributed by atoms with Crippen molar-refractivity contribution in [3.05, 3.63) is 34.3 Å². The fourth-order valence-corrected chi connectivity index (χ4v) is 2.19. The Bertz CT molecular complexity index is 321. The molecule has 2 atom stereocenters. The fourth-order valence-electron chi connectivity index (χ4n) is 1.74. The van der Waals surface area contributed by atoms with Crippen molar-refractivity contribution in [2.24, 2.45) is 5.92 Å². The maximum atomic E-state index is 5.71. The highest BCUT2D eigenvalue weighted by molar-refractivity contribution is 9.10. The summed E-state index contributed by atoms with van der Waals surface area (Å²) >= 11 is 3.48. The third kappa shape index (κ3) is 3.30. The topological polar surface area (TPSA) is 21.3 Å². The summed E-state index contributed by atoms with van der Waals surface area (Å²) in [6, 6.07) is 8.38. The lowest BCUT2D eigenvalue weighted by Gasteiger charge is -2.28. The smallest absolute Gasteiger partial charge is 0.112 e. The third-order valence-corrected chi connectivity index (χ3v) is 3.08. The summed E-state index contributed by atoms with van der Waals surface area (Å²) < 4.78 is 6.84. The molecule has 15 heavy (non-hydrogen) atoms. The predicted octanol–water partition coefficient (Wildman–Crippen LogP) is 2.57. The van der Waals surface area contributed by atoms with Gasteiger partial charge in [-0.15, -0.1) is 0 Å². The Morgan fingerprint density at radius 1 is 1.53 bits per heavy atom. The largest absolute Gasteiger partial charge is 0.363 e. The highest BCUT2D eigenvalue weighted by Gasteiger charge is 2.17. The third-order valence-electron chi connectivity index (χ3n) is 2.59. The molecule has 1 aromatic rings. The van der Waals surface area contributed by atoms with Crippen LogP contribution in [0.4, 0.5) is 0 Å². The lowest BCUT2D eigenvalue weighted by Crippen LogP contribution is -2.43. The van der Waals surface area contributed by atoms with Gasteiger partial charge in [0.1, 0.15) is 6.23 Å². The van der Waals surface area contributed by atoms with E-state index in [9.17, 15) is 0 Å². The maximum Gasteiger partial charge on any atom is 0.112 e. The van der Waals surface area contributed by atoms with E-state index in [0.717, 1.165) is 24.0 Å². The first kappa shape index (κ1) is 11.1. The summed E-state index contributed by atoms with van der Waals surface area (Å²) in [6.07, 6.45) is 1.11. The van der Waals surface area contributed by atoms with Crippen molar-refractivity contribution in [2.45, 2.75) is 19.6 Å². The van der Waals surface area contributed by atoms with E-state index >= 15 is 0 Å². The Kier molecular flexibility index (Phi) is 3.78. The molecule has 1 fully saturated rings. The molecule has 0 spiro atoms. The average Bonchev–Trinajstić information content (AvgIpc) is 2.22. The minimum Gasteiger partial charge on any atom is -0.363 e. The van der Waals surface area contributed by atoms with Gasteiger partial charge in [0.05, 0.1) is 6.61 Å². The molecular weight excluding hydrogens is 254 g/mol. The Labute approximate surface area is 99.1 Å². The van der Waals surface area contributed by atoms with Crippen LogP contribution in [0.5, 0.6) is 0 Å². The molecular formula is C12H16BrNO. The van der Waals surface area contributed by atoms with Crippen molar-refractivity contribution in [2.75, 3.05) is 13.2 Å². The maximum absolute atomic E-state index is 5.71. The number of hydrogen-bond acceptors (Lipinski definition) is 2. The fraction of sp³-hybridized carbons (Fsp3) is 0.500. The molecule has 0 bridgehead atoms. The van der Waals surface area contributed by atoms with Crippen LogP contribution in [0.15, 0.2) is 28.7 Å². The predicted molar refractivity (Wildman–Crippen MR) is 64.8 cm³/mol. The van der Waals surface area contributed by atoms with Crippen molar-refractivity contribution < 1.29 is 4.74 Å². The highest BCUT2D eigenvalue weighted by Crippen LogP contribution is 2.15. The second kappa shape index (κ2) is 5.10. The number of benzene rings is 1. The van der Waals surface area contributed by atoms with Crippen molar-refractivity contribution in [1.29, 1.82) is 0 Å². The molecule has 0 amide bonds. The molecule has 1 aliphatic heterocycles. The van der Waals surface area contributed by atoms with Crippen LogP contribution in [0.2, 0.25) is 0 Å². The van der Waals surface area contributed by atoms with Gasteiger partial charge < -0.3 is 4.74 Å². The van der Waals surface area contributed by atoms with Gasteiger partial charge in [0, 0.05) is 17.4 Å². The molecule has 2 nitrogen and oxygen atoms in total. The number of rotatable bonds is 2. The first-order valence-corrected chi connectivity index (χ1v) is 6.13. The van der Waals surface area contributed by atoms with Gasteiger partial charge in [-0.25, -0.2) is 0 Å².